The highest BCUT2D eigenvalue weighted by Crippen LogP contribution is 2.18. The van der Waals surface area contributed by atoms with E-state index < -0.39 is 5.82 Å². The molecule has 2 rings (SSSR count). The molecule has 5 heteroatoms. The molecule has 0 saturated heterocycles. The van der Waals surface area contributed by atoms with Crippen LogP contribution < -0.4 is 4.74 Å². The second-order valence-electron chi connectivity index (χ2n) is 4.74. The van der Waals surface area contributed by atoms with Crippen LogP contribution in [0, 0.1) is 5.82 Å². The van der Waals surface area contributed by atoms with Crippen molar-refractivity contribution in [3.63, 3.8) is 0 Å². The number of aromatic nitrogens is 2. The van der Waals surface area contributed by atoms with Crippen molar-refractivity contribution in [1.29, 1.82) is 0 Å². The van der Waals surface area contributed by atoms with Gasteiger partial charge < -0.3 is 4.74 Å². The van der Waals surface area contributed by atoms with E-state index in [0.717, 1.165) is 17.8 Å². The standard InChI is InChI=1S/C16H19FN2O2/c1-4-11-8-12(19(5-2)18-11)9-16(20)14-7-6-13(21-3)10-15(14)17/h6-8,10H,4-5,9H2,1-3H3. The Morgan fingerprint density at radius 1 is 1.33 bits per heavy atom. The highest BCUT2D eigenvalue weighted by molar-refractivity contribution is 5.97. The summed E-state index contributed by atoms with van der Waals surface area (Å²) in [6.45, 7) is 4.67. The summed E-state index contributed by atoms with van der Waals surface area (Å²) in [6, 6.07) is 6.18. The fraction of sp³-hybridized carbons (Fsp3) is 0.375. The third kappa shape index (κ3) is 3.29. The van der Waals surface area contributed by atoms with E-state index in [2.05, 4.69) is 5.10 Å². The minimum Gasteiger partial charge on any atom is -0.497 e. The maximum Gasteiger partial charge on any atom is 0.171 e. The molecule has 1 aromatic heterocycles. The Hall–Kier alpha value is -2.17. The molecule has 0 N–H and O–H groups in total. The van der Waals surface area contributed by atoms with Gasteiger partial charge in [0.2, 0.25) is 0 Å². The second-order valence-corrected chi connectivity index (χ2v) is 4.74. The third-order valence-electron chi connectivity index (χ3n) is 3.39. The van der Waals surface area contributed by atoms with Crippen molar-refractivity contribution in [2.24, 2.45) is 0 Å². The average molecular weight is 290 g/mol. The van der Waals surface area contributed by atoms with Gasteiger partial charge in [0, 0.05) is 18.3 Å². The van der Waals surface area contributed by atoms with Gasteiger partial charge in [-0.1, -0.05) is 6.92 Å². The normalized spacial score (nSPS) is 10.7. The lowest BCUT2D eigenvalue weighted by atomic mass is 10.1. The first-order valence-electron chi connectivity index (χ1n) is 7.01. The number of nitrogens with zero attached hydrogens (tertiary/aromatic N) is 2. The maximum absolute atomic E-state index is 13.9. The van der Waals surface area contributed by atoms with Gasteiger partial charge in [-0.05, 0) is 31.5 Å². The van der Waals surface area contributed by atoms with Crippen LogP contribution in [-0.4, -0.2) is 22.7 Å². The van der Waals surface area contributed by atoms with Crippen molar-refractivity contribution < 1.29 is 13.9 Å². The van der Waals surface area contributed by atoms with E-state index in [0.29, 0.717) is 12.3 Å². The predicted octanol–water partition coefficient (Wildman–Crippen LogP) is 3.04. The summed E-state index contributed by atoms with van der Waals surface area (Å²) >= 11 is 0. The SMILES string of the molecule is CCc1cc(CC(=O)c2ccc(OC)cc2F)n(CC)n1. The fourth-order valence-corrected chi connectivity index (χ4v) is 2.21. The number of ether oxygens (including phenoxy) is 1. The van der Waals surface area contributed by atoms with Crippen LogP contribution in [-0.2, 0) is 19.4 Å². The predicted molar refractivity (Wildman–Crippen MR) is 78.3 cm³/mol. The van der Waals surface area contributed by atoms with Crippen molar-refractivity contribution in [2.45, 2.75) is 33.2 Å². The molecule has 0 spiro atoms. The molecule has 0 amide bonds. The van der Waals surface area contributed by atoms with E-state index in [1.807, 2.05) is 19.9 Å². The lowest BCUT2D eigenvalue weighted by molar-refractivity contribution is 0.0986. The number of rotatable bonds is 6. The molecule has 1 aromatic carbocycles. The molecule has 0 aliphatic heterocycles. The zero-order valence-electron chi connectivity index (χ0n) is 12.5. The third-order valence-corrected chi connectivity index (χ3v) is 3.39. The summed E-state index contributed by atoms with van der Waals surface area (Å²) in [5.74, 6) is -0.416. The minimum atomic E-state index is -0.558. The van der Waals surface area contributed by atoms with Gasteiger partial charge in [0.1, 0.15) is 11.6 Å². The number of methoxy groups -OCH3 is 1. The Labute approximate surface area is 123 Å². The van der Waals surface area contributed by atoms with Crippen molar-refractivity contribution >= 4 is 5.78 Å². The Morgan fingerprint density at radius 3 is 2.67 bits per heavy atom. The van der Waals surface area contributed by atoms with Crippen molar-refractivity contribution in [2.75, 3.05) is 7.11 Å². The average Bonchev–Trinajstić information content (AvgIpc) is 2.88. The van der Waals surface area contributed by atoms with E-state index in [9.17, 15) is 9.18 Å². The number of carbonyl (C=O) groups excluding carboxylic acids is 1. The van der Waals surface area contributed by atoms with Crippen molar-refractivity contribution in [3.8, 4) is 5.75 Å². The number of hydrogen-bond donors (Lipinski definition) is 0. The molecule has 0 fully saturated rings. The molecule has 0 saturated carbocycles. The van der Waals surface area contributed by atoms with Crippen LogP contribution in [0.2, 0.25) is 0 Å². The smallest absolute Gasteiger partial charge is 0.171 e. The highest BCUT2D eigenvalue weighted by atomic mass is 19.1. The second kappa shape index (κ2) is 6.52. The van der Waals surface area contributed by atoms with Gasteiger partial charge in [0.25, 0.3) is 0 Å². The van der Waals surface area contributed by atoms with Gasteiger partial charge in [0.05, 0.1) is 24.8 Å². The molecule has 0 unspecified atom stereocenters. The van der Waals surface area contributed by atoms with Crippen LogP contribution in [0.5, 0.6) is 5.75 Å². The molecule has 0 bridgehead atoms. The quantitative estimate of drug-likeness (QED) is 0.768. The molecule has 0 aliphatic rings. The number of carbonyl (C=O) groups is 1. The molecule has 0 radical (unpaired) electrons. The first-order chi connectivity index (χ1) is 10.1. The van der Waals surface area contributed by atoms with Gasteiger partial charge in [-0.3, -0.25) is 9.48 Å². The van der Waals surface area contributed by atoms with Gasteiger partial charge >= 0.3 is 0 Å². The molecule has 0 aliphatic carbocycles. The van der Waals surface area contributed by atoms with Gasteiger partial charge in [-0.25, -0.2) is 4.39 Å². The lowest BCUT2D eigenvalue weighted by Gasteiger charge is -2.06. The van der Waals surface area contributed by atoms with E-state index in [4.69, 9.17) is 4.74 Å². The van der Waals surface area contributed by atoms with Gasteiger partial charge in [-0.2, -0.15) is 5.10 Å². The van der Waals surface area contributed by atoms with Crippen LogP contribution in [0.25, 0.3) is 0 Å². The maximum atomic E-state index is 13.9. The molecular weight excluding hydrogens is 271 g/mol. The van der Waals surface area contributed by atoms with Crippen molar-refractivity contribution in [1.82, 2.24) is 9.78 Å². The topological polar surface area (TPSA) is 44.1 Å². The van der Waals surface area contributed by atoms with Crippen LogP contribution in [0.3, 0.4) is 0 Å². The van der Waals surface area contributed by atoms with Crippen LogP contribution in [0.15, 0.2) is 24.3 Å². The van der Waals surface area contributed by atoms with E-state index in [1.165, 1.54) is 19.2 Å². The zero-order valence-corrected chi connectivity index (χ0v) is 12.5. The summed E-state index contributed by atoms with van der Waals surface area (Å²) in [7, 11) is 1.46. The molecule has 21 heavy (non-hydrogen) atoms. The Balaban J connectivity index is 2.23. The molecule has 4 nitrogen and oxygen atoms in total. The number of ketones is 1. The fourth-order valence-electron chi connectivity index (χ4n) is 2.21. The minimum absolute atomic E-state index is 0.0812. The Bertz CT molecular complexity index is 650. The van der Waals surface area contributed by atoms with Crippen molar-refractivity contribution in [3.05, 3.63) is 47.0 Å². The molecular formula is C16H19FN2O2. The summed E-state index contributed by atoms with van der Waals surface area (Å²) in [4.78, 5) is 12.3. The Kier molecular flexibility index (Phi) is 4.73. The number of halogens is 1. The highest BCUT2D eigenvalue weighted by Gasteiger charge is 2.16. The van der Waals surface area contributed by atoms with E-state index >= 15 is 0 Å². The molecule has 0 atom stereocenters. The molecule has 112 valence electrons. The number of benzene rings is 1. The van der Waals surface area contributed by atoms with E-state index in [1.54, 1.807) is 10.7 Å². The van der Waals surface area contributed by atoms with E-state index in [-0.39, 0.29) is 17.8 Å². The van der Waals surface area contributed by atoms with Gasteiger partial charge in [0.15, 0.2) is 5.78 Å². The summed E-state index contributed by atoms with van der Waals surface area (Å²) < 4.78 is 20.6. The summed E-state index contributed by atoms with van der Waals surface area (Å²) in [5, 5.41) is 4.39. The first-order valence-corrected chi connectivity index (χ1v) is 7.01. The van der Waals surface area contributed by atoms with Gasteiger partial charge in [-0.15, -0.1) is 0 Å². The van der Waals surface area contributed by atoms with Crippen LogP contribution in [0.4, 0.5) is 4.39 Å². The summed E-state index contributed by atoms with van der Waals surface area (Å²) in [6.07, 6.45) is 0.954. The number of hydrogen-bond acceptors (Lipinski definition) is 3. The zero-order chi connectivity index (χ0) is 15.4. The number of Topliss-reactive ketones (excluding diaryl/α,β-unsaturated/α-hetero) is 1. The lowest BCUT2D eigenvalue weighted by Crippen LogP contribution is -2.11. The Morgan fingerprint density at radius 2 is 2.10 bits per heavy atom. The first kappa shape index (κ1) is 15.2. The number of aryl methyl sites for hydroxylation is 2. The van der Waals surface area contributed by atoms with Crippen LogP contribution in [0.1, 0.15) is 35.6 Å². The van der Waals surface area contributed by atoms with Crippen LogP contribution >= 0.6 is 0 Å². The molecule has 2 aromatic rings. The monoisotopic (exact) mass is 290 g/mol. The largest absolute Gasteiger partial charge is 0.497 e. The summed E-state index contributed by atoms with van der Waals surface area (Å²) in [5.41, 5.74) is 1.84. The molecule has 1 heterocycles.